The van der Waals surface area contributed by atoms with E-state index in [1.807, 2.05) is 13.8 Å². The van der Waals surface area contributed by atoms with Crippen molar-refractivity contribution in [3.05, 3.63) is 18.2 Å². The summed E-state index contributed by atoms with van der Waals surface area (Å²) in [5.74, 6) is 1.36. The monoisotopic (exact) mass is 378 g/mol. The van der Waals surface area contributed by atoms with E-state index in [0.717, 1.165) is 25.9 Å². The Kier molecular flexibility index (Phi) is 8.83. The quantitative estimate of drug-likeness (QED) is 0.725. The summed E-state index contributed by atoms with van der Waals surface area (Å²) in [5.41, 5.74) is 0. The zero-order valence-corrected chi connectivity index (χ0v) is 15.8. The minimum atomic E-state index is -3.55. The second kappa shape index (κ2) is 10.1. The first kappa shape index (κ1) is 21.0. The normalized spacial score (nSPS) is 17.8. The molecule has 0 saturated carbocycles. The number of benzene rings is 1. The number of halogens is 1. The molecule has 8 heteroatoms. The fourth-order valence-corrected chi connectivity index (χ4v) is 3.74. The number of hydrogen-bond donors (Lipinski definition) is 2. The largest absolute Gasteiger partial charge is 0.490 e. The molecule has 138 valence electrons. The summed E-state index contributed by atoms with van der Waals surface area (Å²) in [5, 5.41) is 3.29. The van der Waals surface area contributed by atoms with Crippen LogP contribution in [-0.2, 0) is 10.0 Å². The molecular weight excluding hydrogens is 352 g/mol. The minimum Gasteiger partial charge on any atom is -0.490 e. The molecule has 1 atom stereocenters. The van der Waals surface area contributed by atoms with E-state index in [1.165, 1.54) is 6.07 Å². The summed E-state index contributed by atoms with van der Waals surface area (Å²) in [4.78, 5) is 0.202. The van der Waals surface area contributed by atoms with Crippen molar-refractivity contribution in [3.63, 3.8) is 0 Å². The molecule has 0 amide bonds. The summed E-state index contributed by atoms with van der Waals surface area (Å²) in [6, 6.07) is 4.72. The molecule has 0 spiro atoms. The van der Waals surface area contributed by atoms with Crippen LogP contribution in [0.1, 0.15) is 26.7 Å². The smallest absolute Gasteiger partial charge is 0.240 e. The van der Waals surface area contributed by atoms with Gasteiger partial charge in [-0.1, -0.05) is 0 Å². The van der Waals surface area contributed by atoms with E-state index in [4.69, 9.17) is 9.47 Å². The van der Waals surface area contributed by atoms with Crippen molar-refractivity contribution in [1.82, 2.24) is 10.0 Å². The minimum absolute atomic E-state index is 0. The van der Waals surface area contributed by atoms with Crippen LogP contribution in [0, 0.1) is 5.92 Å². The number of hydrogen-bond acceptors (Lipinski definition) is 5. The zero-order chi connectivity index (χ0) is 16.7. The molecule has 2 rings (SSSR count). The first-order valence-corrected chi connectivity index (χ1v) is 9.65. The van der Waals surface area contributed by atoms with E-state index in [-0.39, 0.29) is 17.3 Å². The molecule has 0 bridgehead atoms. The van der Waals surface area contributed by atoms with Crippen LogP contribution in [0.2, 0.25) is 0 Å². The Morgan fingerprint density at radius 2 is 1.92 bits per heavy atom. The number of sulfonamides is 1. The molecular formula is C16H27ClN2O4S. The predicted molar refractivity (Wildman–Crippen MR) is 96.8 cm³/mol. The van der Waals surface area contributed by atoms with Crippen molar-refractivity contribution >= 4 is 22.4 Å². The second-order valence-corrected chi connectivity index (χ2v) is 7.31. The number of nitrogens with one attached hydrogen (secondary N) is 2. The molecule has 2 N–H and O–H groups in total. The lowest BCUT2D eigenvalue weighted by atomic mass is 10.0. The molecule has 6 nitrogen and oxygen atoms in total. The highest BCUT2D eigenvalue weighted by atomic mass is 35.5. The number of piperidine rings is 1. The van der Waals surface area contributed by atoms with Crippen molar-refractivity contribution in [3.8, 4) is 11.5 Å². The maximum absolute atomic E-state index is 12.5. The maximum Gasteiger partial charge on any atom is 0.240 e. The lowest BCUT2D eigenvalue weighted by Gasteiger charge is -2.23. The summed E-state index contributed by atoms with van der Waals surface area (Å²) in [7, 11) is -3.55. The van der Waals surface area contributed by atoms with Gasteiger partial charge in [-0.25, -0.2) is 13.1 Å². The molecule has 1 aromatic rings. The molecule has 1 aromatic carbocycles. The van der Waals surface area contributed by atoms with E-state index in [2.05, 4.69) is 10.0 Å². The van der Waals surface area contributed by atoms with Gasteiger partial charge in [0.1, 0.15) is 0 Å². The molecule has 1 fully saturated rings. The Balaban J connectivity index is 0.00000288. The Bertz CT molecular complexity index is 604. The van der Waals surface area contributed by atoms with Gasteiger partial charge < -0.3 is 14.8 Å². The highest BCUT2D eigenvalue weighted by Gasteiger charge is 2.20. The van der Waals surface area contributed by atoms with Crippen LogP contribution >= 0.6 is 12.4 Å². The topological polar surface area (TPSA) is 76.7 Å². The highest BCUT2D eigenvalue weighted by molar-refractivity contribution is 7.89. The van der Waals surface area contributed by atoms with Crippen molar-refractivity contribution < 1.29 is 17.9 Å². The van der Waals surface area contributed by atoms with Crippen LogP contribution in [0.15, 0.2) is 23.1 Å². The summed E-state index contributed by atoms with van der Waals surface area (Å²) in [6.45, 7) is 7.00. The van der Waals surface area contributed by atoms with Crippen LogP contribution in [0.3, 0.4) is 0 Å². The Morgan fingerprint density at radius 1 is 1.21 bits per heavy atom. The van der Waals surface area contributed by atoms with Gasteiger partial charge >= 0.3 is 0 Å². The summed E-state index contributed by atoms with van der Waals surface area (Å²) in [6.07, 6.45) is 2.13. The Hall–Kier alpha value is -1.02. The van der Waals surface area contributed by atoms with Gasteiger partial charge in [0.25, 0.3) is 0 Å². The summed E-state index contributed by atoms with van der Waals surface area (Å²) >= 11 is 0. The van der Waals surface area contributed by atoms with Gasteiger partial charge in [-0.05, 0) is 57.8 Å². The van der Waals surface area contributed by atoms with Crippen LogP contribution in [-0.4, -0.2) is 41.3 Å². The fraction of sp³-hybridized carbons (Fsp3) is 0.625. The molecule has 1 unspecified atom stereocenters. The molecule has 1 aliphatic rings. The number of rotatable bonds is 8. The van der Waals surface area contributed by atoms with E-state index in [9.17, 15) is 8.42 Å². The van der Waals surface area contributed by atoms with E-state index >= 15 is 0 Å². The van der Waals surface area contributed by atoms with Crippen molar-refractivity contribution in [2.45, 2.75) is 31.6 Å². The van der Waals surface area contributed by atoms with Gasteiger partial charge in [0.05, 0.1) is 18.1 Å². The van der Waals surface area contributed by atoms with Gasteiger partial charge in [-0.2, -0.15) is 0 Å². The van der Waals surface area contributed by atoms with Crippen LogP contribution in [0.5, 0.6) is 11.5 Å². The van der Waals surface area contributed by atoms with Crippen LogP contribution in [0.25, 0.3) is 0 Å². The Labute approximate surface area is 150 Å². The van der Waals surface area contributed by atoms with Crippen LogP contribution in [0.4, 0.5) is 0 Å². The maximum atomic E-state index is 12.5. The SMILES string of the molecule is CCOc1ccc(S(=O)(=O)NCC2CCCNC2)cc1OCC.Cl. The standard InChI is InChI=1S/C16H26N2O4S.ClH/c1-3-21-15-8-7-14(10-16(15)22-4-2)23(19,20)18-12-13-6-5-9-17-11-13;/h7-8,10,13,17-18H,3-6,9,11-12H2,1-2H3;1H. The van der Waals surface area contributed by atoms with Crippen LogP contribution < -0.4 is 19.5 Å². The molecule has 0 aromatic heterocycles. The molecule has 1 saturated heterocycles. The lowest BCUT2D eigenvalue weighted by molar-refractivity contribution is 0.287. The lowest BCUT2D eigenvalue weighted by Crippen LogP contribution is -2.38. The second-order valence-electron chi connectivity index (χ2n) is 5.54. The van der Waals surface area contributed by atoms with Gasteiger partial charge in [0.2, 0.25) is 10.0 Å². The first-order chi connectivity index (χ1) is 11.1. The molecule has 24 heavy (non-hydrogen) atoms. The average molecular weight is 379 g/mol. The van der Waals surface area contributed by atoms with Crippen molar-refractivity contribution in [2.75, 3.05) is 32.8 Å². The van der Waals surface area contributed by atoms with Gasteiger partial charge in [0.15, 0.2) is 11.5 Å². The molecule has 0 aliphatic carbocycles. The molecule has 1 aliphatic heterocycles. The third kappa shape index (κ3) is 5.81. The third-order valence-electron chi connectivity index (χ3n) is 3.79. The van der Waals surface area contributed by atoms with Crippen molar-refractivity contribution in [2.24, 2.45) is 5.92 Å². The first-order valence-electron chi connectivity index (χ1n) is 8.16. The number of ether oxygens (including phenoxy) is 2. The summed E-state index contributed by atoms with van der Waals surface area (Å²) < 4.78 is 38.6. The van der Waals surface area contributed by atoms with Gasteiger partial charge in [-0.15, -0.1) is 12.4 Å². The van der Waals surface area contributed by atoms with Crippen molar-refractivity contribution in [1.29, 1.82) is 0 Å². The Morgan fingerprint density at radius 3 is 2.54 bits per heavy atom. The highest BCUT2D eigenvalue weighted by Crippen LogP contribution is 2.30. The van der Waals surface area contributed by atoms with E-state index in [1.54, 1.807) is 12.1 Å². The van der Waals surface area contributed by atoms with E-state index < -0.39 is 10.0 Å². The third-order valence-corrected chi connectivity index (χ3v) is 5.21. The van der Waals surface area contributed by atoms with E-state index in [0.29, 0.717) is 37.2 Å². The molecule has 1 heterocycles. The molecule has 0 radical (unpaired) electrons. The fourth-order valence-electron chi connectivity index (χ4n) is 2.61. The average Bonchev–Trinajstić information content (AvgIpc) is 2.56. The predicted octanol–water partition coefficient (Wildman–Crippen LogP) is 2.18. The van der Waals surface area contributed by atoms with Gasteiger partial charge in [-0.3, -0.25) is 0 Å². The van der Waals surface area contributed by atoms with Gasteiger partial charge in [0, 0.05) is 12.6 Å². The zero-order valence-electron chi connectivity index (χ0n) is 14.2.